The van der Waals surface area contributed by atoms with Crippen molar-refractivity contribution in [3.05, 3.63) is 48.4 Å². The van der Waals surface area contributed by atoms with Crippen LogP contribution >= 0.6 is 11.3 Å². The number of rotatable bonds is 7. The summed E-state index contributed by atoms with van der Waals surface area (Å²) in [5.41, 5.74) is 3.30. The van der Waals surface area contributed by atoms with Gasteiger partial charge in [-0.05, 0) is 69.0 Å². The van der Waals surface area contributed by atoms with Crippen molar-refractivity contribution in [3.8, 4) is 22.4 Å². The van der Waals surface area contributed by atoms with Crippen LogP contribution in [0, 0.1) is 5.41 Å². The van der Waals surface area contributed by atoms with Crippen molar-refractivity contribution in [1.82, 2.24) is 25.3 Å². The van der Waals surface area contributed by atoms with E-state index in [-0.39, 0.29) is 11.4 Å². The molecule has 2 amide bonds. The van der Waals surface area contributed by atoms with Crippen molar-refractivity contribution in [1.29, 1.82) is 0 Å². The Bertz CT molecular complexity index is 1540. The minimum absolute atomic E-state index is 0.280. The summed E-state index contributed by atoms with van der Waals surface area (Å²) in [5, 5.41) is 16.6. The number of pyridine rings is 1. The van der Waals surface area contributed by atoms with Crippen molar-refractivity contribution >= 4 is 45.0 Å². The van der Waals surface area contributed by atoms with E-state index in [0.717, 1.165) is 59.2 Å². The molecule has 4 heterocycles. The lowest BCUT2D eigenvalue weighted by Gasteiger charge is -2.35. The molecule has 4 aromatic rings. The molecule has 0 radical (unpaired) electrons. The average Bonchev–Trinajstić information content (AvgIpc) is 3.35. The first kappa shape index (κ1) is 27.6. The highest BCUT2D eigenvalue weighted by molar-refractivity contribution is 7.22. The van der Waals surface area contributed by atoms with Gasteiger partial charge in [-0.3, -0.25) is 10.3 Å². The molecule has 1 aromatic carbocycles. The number of fused-ring (bicyclic) bond motifs is 1. The van der Waals surface area contributed by atoms with Crippen molar-refractivity contribution in [2.45, 2.75) is 46.1 Å². The number of urea groups is 1. The molecule has 3 N–H and O–H groups in total. The fraction of sp³-hybridized carbons (Fsp3) is 0.379. The van der Waals surface area contributed by atoms with Crippen LogP contribution in [0.2, 0.25) is 0 Å². The number of nitrogens with one attached hydrogen (secondary N) is 2. The first-order valence-corrected chi connectivity index (χ1v) is 14.1. The second-order valence-electron chi connectivity index (χ2n) is 10.9. The van der Waals surface area contributed by atoms with Gasteiger partial charge in [-0.25, -0.2) is 19.7 Å². The molecule has 40 heavy (non-hydrogen) atoms. The molecule has 1 saturated heterocycles. The summed E-state index contributed by atoms with van der Waals surface area (Å²) >= 11 is 1.36. The monoisotopic (exact) mass is 559 g/mol. The topological polar surface area (TPSA) is 133 Å². The maximum absolute atomic E-state index is 12.2. The summed E-state index contributed by atoms with van der Waals surface area (Å²) in [5.74, 6) is 0.639. The number of anilines is 2. The number of carbonyl (C=O) groups excluding carboxylic acids is 2. The van der Waals surface area contributed by atoms with Gasteiger partial charge < -0.3 is 20.1 Å². The second-order valence-corrected chi connectivity index (χ2v) is 11.9. The lowest BCUT2D eigenvalue weighted by atomic mass is 9.82. The predicted octanol–water partition coefficient (Wildman–Crippen LogP) is 4.99. The minimum atomic E-state index is -1.03. The predicted molar refractivity (Wildman–Crippen MR) is 157 cm³/mol. The van der Waals surface area contributed by atoms with Crippen molar-refractivity contribution < 1.29 is 14.7 Å². The van der Waals surface area contributed by atoms with E-state index in [0.29, 0.717) is 28.8 Å². The SMILES string of the molecule is CCNC(=O)Nc1nc2cc(-c3cnc(N4CCC(C)(C=O)CC4)nc3)cc(-c3cc(C(C)(C)O)ccn3)c2s1. The maximum atomic E-state index is 12.2. The third-order valence-electron chi connectivity index (χ3n) is 7.23. The van der Waals surface area contributed by atoms with Crippen LogP contribution < -0.4 is 15.5 Å². The quantitative estimate of drug-likeness (QED) is 0.270. The zero-order chi connectivity index (χ0) is 28.5. The van der Waals surface area contributed by atoms with Gasteiger partial charge in [0.15, 0.2) is 5.13 Å². The van der Waals surface area contributed by atoms with Gasteiger partial charge >= 0.3 is 6.03 Å². The summed E-state index contributed by atoms with van der Waals surface area (Å²) < 4.78 is 0.861. The van der Waals surface area contributed by atoms with E-state index in [9.17, 15) is 14.7 Å². The van der Waals surface area contributed by atoms with Crippen molar-refractivity contribution in [2.75, 3.05) is 29.9 Å². The van der Waals surface area contributed by atoms with Crippen LogP contribution in [0.1, 0.15) is 46.1 Å². The Morgan fingerprint density at radius 3 is 2.52 bits per heavy atom. The molecule has 11 heteroatoms. The van der Waals surface area contributed by atoms with Gasteiger partial charge in [0.2, 0.25) is 5.95 Å². The summed E-state index contributed by atoms with van der Waals surface area (Å²) in [4.78, 5) is 44.3. The van der Waals surface area contributed by atoms with Gasteiger partial charge in [0.05, 0.1) is 21.5 Å². The van der Waals surface area contributed by atoms with Gasteiger partial charge in [-0.15, -0.1) is 0 Å². The summed E-state index contributed by atoms with van der Waals surface area (Å²) in [6, 6.07) is 7.32. The Balaban J connectivity index is 1.53. The molecule has 0 aliphatic carbocycles. The Morgan fingerprint density at radius 2 is 1.88 bits per heavy atom. The Labute approximate surface area is 236 Å². The van der Waals surface area contributed by atoms with Gasteiger partial charge in [-0.2, -0.15) is 0 Å². The van der Waals surface area contributed by atoms with E-state index in [1.54, 1.807) is 38.5 Å². The van der Waals surface area contributed by atoms with E-state index in [4.69, 9.17) is 0 Å². The number of piperidine rings is 1. The number of hydrogen-bond acceptors (Lipinski definition) is 9. The normalized spacial score (nSPS) is 15.2. The fourth-order valence-electron chi connectivity index (χ4n) is 4.67. The fourth-order valence-corrected chi connectivity index (χ4v) is 5.64. The molecule has 5 rings (SSSR count). The van der Waals surface area contributed by atoms with Gasteiger partial charge in [0.1, 0.15) is 6.29 Å². The van der Waals surface area contributed by atoms with E-state index >= 15 is 0 Å². The largest absolute Gasteiger partial charge is 0.386 e. The van der Waals surface area contributed by atoms with Crippen LogP contribution in [0.3, 0.4) is 0 Å². The van der Waals surface area contributed by atoms with Gasteiger partial charge in [0.25, 0.3) is 0 Å². The lowest BCUT2D eigenvalue weighted by Crippen LogP contribution is -2.40. The lowest BCUT2D eigenvalue weighted by molar-refractivity contribution is -0.116. The molecule has 0 atom stereocenters. The van der Waals surface area contributed by atoms with E-state index in [1.807, 2.05) is 32.0 Å². The standard InChI is InChI=1S/C29H33N7O3S/c1-5-30-26(38)35-27-34-23-13-18(12-21(24(23)40-27)22-14-20(6-9-31-22)28(2,3)39)19-15-32-25(33-16-19)36-10-7-29(4,17-37)8-11-36/h6,9,12-17,39H,5,7-8,10-11H2,1-4H3,(H2,30,34,35,38). The number of aldehydes is 1. The first-order chi connectivity index (χ1) is 19.1. The third kappa shape index (κ3) is 5.80. The molecule has 0 unspecified atom stereocenters. The maximum Gasteiger partial charge on any atom is 0.321 e. The summed E-state index contributed by atoms with van der Waals surface area (Å²) in [7, 11) is 0. The van der Waals surface area contributed by atoms with Gasteiger partial charge in [0, 0.05) is 54.8 Å². The van der Waals surface area contributed by atoms with Crippen LogP contribution in [0.15, 0.2) is 42.9 Å². The molecule has 0 bridgehead atoms. The van der Waals surface area contributed by atoms with Crippen LogP contribution in [0.5, 0.6) is 0 Å². The molecule has 0 spiro atoms. The van der Waals surface area contributed by atoms with Crippen LogP contribution in [-0.4, -0.2) is 57.0 Å². The van der Waals surface area contributed by atoms with Crippen LogP contribution in [0.4, 0.5) is 15.9 Å². The molecule has 1 aliphatic rings. The zero-order valence-corrected chi connectivity index (χ0v) is 23.9. The van der Waals surface area contributed by atoms with E-state index < -0.39 is 5.60 Å². The third-order valence-corrected chi connectivity index (χ3v) is 8.25. The number of hydrogen-bond donors (Lipinski definition) is 3. The Kier molecular flexibility index (Phi) is 7.52. The number of aliphatic hydroxyl groups is 1. The number of carbonyl (C=O) groups is 2. The van der Waals surface area contributed by atoms with Crippen LogP contribution in [-0.2, 0) is 10.4 Å². The Hall–Kier alpha value is -3.96. The van der Waals surface area contributed by atoms with Crippen LogP contribution in [0.25, 0.3) is 32.6 Å². The molecular formula is C29H33N7O3S. The molecule has 1 aliphatic heterocycles. The summed E-state index contributed by atoms with van der Waals surface area (Å²) in [6.07, 6.45) is 7.87. The first-order valence-electron chi connectivity index (χ1n) is 13.3. The Morgan fingerprint density at radius 1 is 1.15 bits per heavy atom. The van der Waals surface area contributed by atoms with Crippen molar-refractivity contribution in [3.63, 3.8) is 0 Å². The van der Waals surface area contributed by atoms with E-state index in [1.165, 1.54) is 11.3 Å². The number of benzene rings is 1. The number of nitrogens with zero attached hydrogens (tertiary/aromatic N) is 5. The number of thiazole rings is 1. The molecule has 10 nitrogen and oxygen atoms in total. The second kappa shape index (κ2) is 10.9. The zero-order valence-electron chi connectivity index (χ0n) is 23.1. The molecule has 3 aromatic heterocycles. The highest BCUT2D eigenvalue weighted by atomic mass is 32.1. The van der Waals surface area contributed by atoms with Gasteiger partial charge in [-0.1, -0.05) is 18.3 Å². The smallest absolute Gasteiger partial charge is 0.321 e. The molecule has 1 fully saturated rings. The van der Waals surface area contributed by atoms with E-state index in [2.05, 4.69) is 35.5 Å². The molecule has 208 valence electrons. The molecule has 0 saturated carbocycles. The highest BCUT2D eigenvalue weighted by Gasteiger charge is 2.30. The van der Waals surface area contributed by atoms with Crippen molar-refractivity contribution in [2.24, 2.45) is 5.41 Å². The number of amides is 2. The summed E-state index contributed by atoms with van der Waals surface area (Å²) in [6.45, 7) is 9.28. The molecular weight excluding hydrogens is 526 g/mol. The number of aromatic nitrogens is 4. The highest BCUT2D eigenvalue weighted by Crippen LogP contribution is 2.39. The minimum Gasteiger partial charge on any atom is -0.386 e. The average molecular weight is 560 g/mol.